The van der Waals surface area contributed by atoms with Crippen molar-refractivity contribution in [1.29, 1.82) is 0 Å². The van der Waals surface area contributed by atoms with Crippen LogP contribution < -0.4 is 0 Å². The molecule has 0 saturated heterocycles. The molecular formula is C14H25NO3. The number of ether oxygens (including phenoxy) is 1. The molecule has 0 aromatic carbocycles. The summed E-state index contributed by atoms with van der Waals surface area (Å²) in [5.41, 5.74) is -0.435. The topological polar surface area (TPSA) is 49.8 Å². The van der Waals surface area contributed by atoms with E-state index in [4.69, 9.17) is 4.74 Å². The number of hydrogen-bond donors (Lipinski definition) is 1. The number of aliphatic hydroxyl groups is 1. The Morgan fingerprint density at radius 2 is 1.67 bits per heavy atom. The van der Waals surface area contributed by atoms with Gasteiger partial charge in [-0.1, -0.05) is 0 Å². The molecule has 104 valence electrons. The van der Waals surface area contributed by atoms with Crippen LogP contribution in [0.4, 0.5) is 4.79 Å². The van der Waals surface area contributed by atoms with Crippen molar-refractivity contribution in [3.63, 3.8) is 0 Å². The zero-order chi connectivity index (χ0) is 13.5. The quantitative estimate of drug-likeness (QED) is 0.782. The summed E-state index contributed by atoms with van der Waals surface area (Å²) in [4.78, 5) is 13.7. The number of carbonyl (C=O) groups excluding carboxylic acids is 1. The van der Waals surface area contributed by atoms with Crippen molar-refractivity contribution in [1.82, 2.24) is 4.90 Å². The molecule has 0 aliphatic heterocycles. The maximum atomic E-state index is 12.0. The van der Waals surface area contributed by atoms with Crippen LogP contribution in [0.15, 0.2) is 0 Å². The smallest absolute Gasteiger partial charge is 0.410 e. The second kappa shape index (κ2) is 4.72. The zero-order valence-corrected chi connectivity index (χ0v) is 11.8. The van der Waals surface area contributed by atoms with Crippen molar-refractivity contribution in [2.24, 2.45) is 11.8 Å². The van der Waals surface area contributed by atoms with E-state index in [1.54, 1.807) is 4.90 Å². The van der Waals surface area contributed by atoms with Crippen molar-refractivity contribution in [3.05, 3.63) is 0 Å². The lowest BCUT2D eigenvalue weighted by Crippen LogP contribution is -2.40. The third kappa shape index (κ3) is 2.97. The van der Waals surface area contributed by atoms with E-state index >= 15 is 0 Å². The first-order chi connectivity index (χ1) is 8.26. The number of rotatable bonds is 1. The molecule has 18 heavy (non-hydrogen) atoms. The van der Waals surface area contributed by atoms with E-state index in [9.17, 15) is 9.90 Å². The second-order valence-electron chi connectivity index (χ2n) is 6.86. The number of amides is 1. The molecule has 0 aromatic heterocycles. The first-order valence-electron chi connectivity index (χ1n) is 6.90. The molecule has 2 rings (SSSR count). The first-order valence-corrected chi connectivity index (χ1v) is 6.90. The Morgan fingerprint density at radius 3 is 2.11 bits per heavy atom. The number of nitrogens with zero attached hydrogens (tertiary/aromatic N) is 1. The second-order valence-corrected chi connectivity index (χ2v) is 6.86. The van der Waals surface area contributed by atoms with Gasteiger partial charge in [-0.15, -0.1) is 0 Å². The average molecular weight is 255 g/mol. The Labute approximate surface area is 109 Å². The minimum atomic E-state index is -0.435. The first kappa shape index (κ1) is 13.7. The van der Waals surface area contributed by atoms with E-state index < -0.39 is 5.60 Å². The third-order valence-corrected chi connectivity index (χ3v) is 4.20. The average Bonchev–Trinajstić information content (AvgIpc) is 2.70. The predicted octanol–water partition coefficient (Wildman–Crippen LogP) is 2.40. The number of hydrogen-bond acceptors (Lipinski definition) is 3. The van der Waals surface area contributed by atoms with Crippen molar-refractivity contribution in [2.45, 2.75) is 64.2 Å². The summed E-state index contributed by atoms with van der Waals surface area (Å²) in [7, 11) is 1.83. The summed E-state index contributed by atoms with van der Waals surface area (Å²) in [5, 5.41) is 9.62. The Balaban J connectivity index is 1.88. The lowest BCUT2D eigenvalue weighted by Gasteiger charge is -2.29. The highest BCUT2D eigenvalue weighted by Gasteiger charge is 2.43. The summed E-state index contributed by atoms with van der Waals surface area (Å²) < 4.78 is 5.39. The highest BCUT2D eigenvalue weighted by atomic mass is 16.6. The van der Waals surface area contributed by atoms with E-state index in [0.717, 1.165) is 25.7 Å². The van der Waals surface area contributed by atoms with Gasteiger partial charge in [0.05, 0.1) is 6.10 Å². The molecule has 0 heterocycles. The normalized spacial score (nSPS) is 35.4. The van der Waals surface area contributed by atoms with Gasteiger partial charge in [0, 0.05) is 13.1 Å². The van der Waals surface area contributed by atoms with Gasteiger partial charge in [0.2, 0.25) is 0 Å². The van der Waals surface area contributed by atoms with Crippen molar-refractivity contribution in [3.8, 4) is 0 Å². The van der Waals surface area contributed by atoms with Gasteiger partial charge >= 0.3 is 6.09 Å². The summed E-state index contributed by atoms with van der Waals surface area (Å²) in [5.74, 6) is 1.18. The van der Waals surface area contributed by atoms with Crippen LogP contribution in [0, 0.1) is 11.8 Å². The van der Waals surface area contributed by atoms with Crippen LogP contribution in [-0.2, 0) is 4.74 Å². The van der Waals surface area contributed by atoms with E-state index in [1.807, 2.05) is 27.8 Å². The lowest BCUT2D eigenvalue weighted by molar-refractivity contribution is 0.0216. The van der Waals surface area contributed by atoms with Gasteiger partial charge in [0.25, 0.3) is 0 Å². The van der Waals surface area contributed by atoms with Crippen LogP contribution in [0.2, 0.25) is 0 Å². The Hall–Kier alpha value is -0.770. The van der Waals surface area contributed by atoms with Gasteiger partial charge in [0.15, 0.2) is 0 Å². The minimum Gasteiger partial charge on any atom is -0.444 e. The molecule has 0 radical (unpaired) electrons. The van der Waals surface area contributed by atoms with Gasteiger partial charge in [-0.3, -0.25) is 0 Å². The predicted molar refractivity (Wildman–Crippen MR) is 69.2 cm³/mol. The Bertz CT molecular complexity index is 309. The van der Waals surface area contributed by atoms with Gasteiger partial charge in [-0.25, -0.2) is 4.79 Å². The number of aliphatic hydroxyl groups excluding tert-OH is 1. The van der Waals surface area contributed by atoms with Crippen LogP contribution in [0.3, 0.4) is 0 Å². The van der Waals surface area contributed by atoms with Gasteiger partial charge in [-0.2, -0.15) is 0 Å². The van der Waals surface area contributed by atoms with Crippen LogP contribution >= 0.6 is 0 Å². The van der Waals surface area contributed by atoms with E-state index in [0.29, 0.717) is 11.8 Å². The van der Waals surface area contributed by atoms with Crippen LogP contribution in [0.5, 0.6) is 0 Å². The molecule has 2 fully saturated rings. The molecule has 1 amide bonds. The molecular weight excluding hydrogens is 230 g/mol. The molecule has 1 N–H and O–H groups in total. The Morgan fingerprint density at radius 1 is 1.17 bits per heavy atom. The fraction of sp³-hybridized carbons (Fsp3) is 0.929. The van der Waals surface area contributed by atoms with E-state index in [1.165, 1.54) is 0 Å². The number of fused-ring (bicyclic) bond motifs is 1. The van der Waals surface area contributed by atoms with Crippen molar-refractivity contribution < 1.29 is 14.6 Å². The summed E-state index contributed by atoms with van der Waals surface area (Å²) >= 11 is 0. The molecule has 0 unspecified atom stereocenters. The van der Waals surface area contributed by atoms with E-state index in [2.05, 4.69) is 0 Å². The molecule has 2 saturated carbocycles. The lowest BCUT2D eigenvalue weighted by atomic mass is 10.0. The molecule has 4 nitrogen and oxygen atoms in total. The minimum absolute atomic E-state index is 0.118. The van der Waals surface area contributed by atoms with Crippen LogP contribution in [0.25, 0.3) is 0 Å². The number of carbonyl (C=O) groups is 1. The molecule has 2 aliphatic carbocycles. The fourth-order valence-corrected chi connectivity index (χ4v) is 3.35. The Kier molecular flexibility index (Phi) is 3.58. The van der Waals surface area contributed by atoms with Gasteiger partial charge < -0.3 is 14.7 Å². The summed E-state index contributed by atoms with van der Waals surface area (Å²) in [6.45, 7) is 5.66. The highest BCUT2D eigenvalue weighted by molar-refractivity contribution is 5.68. The fourth-order valence-electron chi connectivity index (χ4n) is 3.35. The zero-order valence-electron chi connectivity index (χ0n) is 11.8. The SMILES string of the molecule is CN(C(=O)OC(C)(C)C)[C@@H]1C[C@H]2C[C@@H](O)C[C@H]2C1. The van der Waals surface area contributed by atoms with Gasteiger partial charge in [-0.05, 0) is 58.3 Å². The highest BCUT2D eigenvalue weighted by Crippen LogP contribution is 2.45. The van der Waals surface area contributed by atoms with Crippen molar-refractivity contribution in [2.75, 3.05) is 7.05 Å². The molecule has 0 bridgehead atoms. The molecule has 0 aromatic rings. The molecule has 4 atom stereocenters. The third-order valence-electron chi connectivity index (χ3n) is 4.20. The van der Waals surface area contributed by atoms with Crippen LogP contribution in [0.1, 0.15) is 46.5 Å². The van der Waals surface area contributed by atoms with Gasteiger partial charge in [0.1, 0.15) is 5.60 Å². The monoisotopic (exact) mass is 255 g/mol. The summed E-state index contributed by atoms with van der Waals surface area (Å²) in [6, 6.07) is 0.280. The largest absolute Gasteiger partial charge is 0.444 e. The molecule has 0 spiro atoms. The summed E-state index contributed by atoms with van der Waals surface area (Å²) in [6.07, 6.45) is 3.49. The van der Waals surface area contributed by atoms with Crippen molar-refractivity contribution >= 4 is 6.09 Å². The van der Waals surface area contributed by atoms with E-state index in [-0.39, 0.29) is 18.2 Å². The van der Waals surface area contributed by atoms with Crippen LogP contribution in [-0.4, -0.2) is 40.9 Å². The maximum absolute atomic E-state index is 12.0. The molecule has 4 heteroatoms. The molecule has 2 aliphatic rings. The standard InChI is InChI=1S/C14H25NO3/c1-14(2,3)18-13(17)15(4)11-5-9-7-12(16)8-10(9)6-11/h9-12,16H,5-8H2,1-4H3/t9-,10+,11+,12+. The maximum Gasteiger partial charge on any atom is 0.410 e.